The standard InChI is InChI=1S/C14H18N4O3S.ClH/c1-11-7-13(21-17-11)10-22(19,20)18-6-5-16-9-14(18)12-3-2-4-15-8-12;/h2-4,7-8,14,16H,5-6,9-10H2,1H3;1H. The molecule has 2 aromatic heterocycles. The van der Waals surface area contributed by atoms with E-state index < -0.39 is 10.0 Å². The maximum Gasteiger partial charge on any atom is 0.222 e. The van der Waals surface area contributed by atoms with Gasteiger partial charge in [-0.05, 0) is 18.6 Å². The summed E-state index contributed by atoms with van der Waals surface area (Å²) in [5.41, 5.74) is 1.56. The molecule has 0 saturated carbocycles. The first kappa shape index (κ1) is 17.9. The molecule has 7 nitrogen and oxygen atoms in total. The molecule has 1 aliphatic heterocycles. The summed E-state index contributed by atoms with van der Waals surface area (Å²) in [5, 5.41) is 6.98. The molecule has 0 aromatic carbocycles. The highest BCUT2D eigenvalue weighted by molar-refractivity contribution is 7.88. The summed E-state index contributed by atoms with van der Waals surface area (Å²) in [6.45, 7) is 3.39. The molecule has 1 N–H and O–H groups in total. The van der Waals surface area contributed by atoms with Crippen molar-refractivity contribution in [3.8, 4) is 0 Å². The average Bonchev–Trinajstić information content (AvgIpc) is 2.92. The van der Waals surface area contributed by atoms with Crippen LogP contribution in [0, 0.1) is 6.92 Å². The predicted octanol–water partition coefficient (Wildman–Crippen LogP) is 1.28. The van der Waals surface area contributed by atoms with Gasteiger partial charge in [0.25, 0.3) is 0 Å². The molecule has 3 rings (SSSR count). The Morgan fingerprint density at radius 2 is 2.30 bits per heavy atom. The van der Waals surface area contributed by atoms with Crippen molar-refractivity contribution in [2.45, 2.75) is 18.7 Å². The summed E-state index contributed by atoms with van der Waals surface area (Å²) in [6.07, 6.45) is 3.38. The van der Waals surface area contributed by atoms with Crippen molar-refractivity contribution in [1.29, 1.82) is 0 Å². The van der Waals surface area contributed by atoms with E-state index in [4.69, 9.17) is 4.52 Å². The lowest BCUT2D eigenvalue weighted by Gasteiger charge is -2.35. The summed E-state index contributed by atoms with van der Waals surface area (Å²) in [7, 11) is -3.49. The summed E-state index contributed by atoms with van der Waals surface area (Å²) in [6, 6.07) is 5.11. The summed E-state index contributed by atoms with van der Waals surface area (Å²) < 4.78 is 32.1. The number of pyridine rings is 1. The first-order valence-corrected chi connectivity index (χ1v) is 8.69. The second-order valence-corrected chi connectivity index (χ2v) is 7.23. The minimum Gasteiger partial charge on any atom is -0.360 e. The fourth-order valence-electron chi connectivity index (χ4n) is 2.62. The molecule has 0 amide bonds. The topological polar surface area (TPSA) is 88.3 Å². The van der Waals surface area contributed by atoms with Crippen LogP contribution in [0.3, 0.4) is 0 Å². The molecular weight excluding hydrogens is 340 g/mol. The third kappa shape index (κ3) is 4.08. The molecule has 1 unspecified atom stereocenters. The molecule has 0 spiro atoms. The van der Waals surface area contributed by atoms with E-state index in [0.29, 0.717) is 31.1 Å². The molecule has 0 radical (unpaired) electrons. The highest BCUT2D eigenvalue weighted by Crippen LogP contribution is 2.26. The van der Waals surface area contributed by atoms with Crippen molar-refractivity contribution >= 4 is 22.4 Å². The van der Waals surface area contributed by atoms with Crippen molar-refractivity contribution in [3.63, 3.8) is 0 Å². The SMILES string of the molecule is Cc1cc(CS(=O)(=O)N2CCNCC2c2cccnc2)on1.Cl. The monoisotopic (exact) mass is 358 g/mol. The molecule has 1 fully saturated rings. The van der Waals surface area contributed by atoms with Crippen molar-refractivity contribution in [3.05, 3.63) is 47.6 Å². The van der Waals surface area contributed by atoms with E-state index in [0.717, 1.165) is 5.56 Å². The van der Waals surface area contributed by atoms with Gasteiger partial charge in [-0.2, -0.15) is 4.31 Å². The molecular formula is C14H19ClN4O3S. The summed E-state index contributed by atoms with van der Waals surface area (Å²) >= 11 is 0. The molecule has 0 aliphatic carbocycles. The largest absolute Gasteiger partial charge is 0.360 e. The van der Waals surface area contributed by atoms with Crippen LogP contribution in [-0.2, 0) is 15.8 Å². The number of nitrogens with zero attached hydrogens (tertiary/aromatic N) is 3. The normalized spacial score (nSPS) is 19.3. The van der Waals surface area contributed by atoms with E-state index in [1.165, 1.54) is 4.31 Å². The number of halogens is 1. The minimum atomic E-state index is -3.49. The van der Waals surface area contributed by atoms with Crippen LogP contribution >= 0.6 is 12.4 Å². The molecule has 3 heterocycles. The third-order valence-corrected chi connectivity index (χ3v) is 5.42. The Labute approximate surface area is 141 Å². The Kier molecular flexibility index (Phi) is 5.74. The number of rotatable bonds is 4. The number of hydrogen-bond acceptors (Lipinski definition) is 6. The second kappa shape index (κ2) is 7.39. The molecule has 9 heteroatoms. The molecule has 23 heavy (non-hydrogen) atoms. The molecule has 2 aromatic rings. The first-order chi connectivity index (χ1) is 10.6. The van der Waals surface area contributed by atoms with Gasteiger partial charge < -0.3 is 9.84 Å². The van der Waals surface area contributed by atoms with Crippen LogP contribution in [0.2, 0.25) is 0 Å². The quantitative estimate of drug-likeness (QED) is 0.885. The Hall–Kier alpha value is -1.48. The Balaban J connectivity index is 0.00000192. The van der Waals surface area contributed by atoms with E-state index in [1.54, 1.807) is 25.4 Å². The fourth-order valence-corrected chi connectivity index (χ4v) is 4.24. The third-order valence-electron chi connectivity index (χ3n) is 3.62. The molecule has 126 valence electrons. The van der Waals surface area contributed by atoms with Gasteiger partial charge in [0.15, 0.2) is 5.76 Å². The van der Waals surface area contributed by atoms with Crippen LogP contribution < -0.4 is 5.32 Å². The zero-order valence-corrected chi connectivity index (χ0v) is 14.3. The minimum absolute atomic E-state index is 0. The number of sulfonamides is 1. The molecule has 1 saturated heterocycles. The van der Waals surface area contributed by atoms with E-state index >= 15 is 0 Å². The highest BCUT2D eigenvalue weighted by Gasteiger charge is 2.34. The van der Waals surface area contributed by atoms with Gasteiger partial charge in [-0.25, -0.2) is 8.42 Å². The van der Waals surface area contributed by atoms with Crippen molar-refractivity contribution < 1.29 is 12.9 Å². The predicted molar refractivity (Wildman–Crippen MR) is 87.7 cm³/mol. The Morgan fingerprint density at radius 3 is 2.96 bits per heavy atom. The van der Waals surface area contributed by atoms with Gasteiger partial charge in [-0.3, -0.25) is 4.98 Å². The molecule has 1 aliphatic rings. The smallest absolute Gasteiger partial charge is 0.222 e. The van der Waals surface area contributed by atoms with E-state index in [1.807, 2.05) is 12.1 Å². The van der Waals surface area contributed by atoms with Gasteiger partial charge in [0.1, 0.15) is 5.75 Å². The van der Waals surface area contributed by atoms with Crippen LogP contribution in [-0.4, -0.2) is 42.5 Å². The van der Waals surface area contributed by atoms with Gasteiger partial charge in [-0.1, -0.05) is 11.2 Å². The van der Waals surface area contributed by atoms with Crippen LogP contribution in [0.4, 0.5) is 0 Å². The summed E-state index contributed by atoms with van der Waals surface area (Å²) in [5.74, 6) is 0.186. The Morgan fingerprint density at radius 1 is 1.48 bits per heavy atom. The van der Waals surface area contributed by atoms with Crippen molar-refractivity contribution in [2.75, 3.05) is 19.6 Å². The van der Waals surface area contributed by atoms with Crippen LogP contribution in [0.15, 0.2) is 35.1 Å². The van der Waals surface area contributed by atoms with Crippen molar-refractivity contribution in [2.24, 2.45) is 0 Å². The number of aromatic nitrogens is 2. The molecule has 0 bridgehead atoms. The summed E-state index contributed by atoms with van der Waals surface area (Å²) in [4.78, 5) is 4.09. The second-order valence-electron chi connectivity index (χ2n) is 5.31. The van der Waals surface area contributed by atoms with Crippen LogP contribution in [0.1, 0.15) is 23.1 Å². The van der Waals surface area contributed by atoms with Gasteiger partial charge in [0, 0.05) is 38.1 Å². The van der Waals surface area contributed by atoms with Crippen molar-refractivity contribution in [1.82, 2.24) is 19.8 Å². The van der Waals surface area contributed by atoms with Gasteiger partial charge in [0.05, 0.1) is 11.7 Å². The van der Waals surface area contributed by atoms with E-state index in [-0.39, 0.29) is 24.2 Å². The van der Waals surface area contributed by atoms with Gasteiger partial charge >= 0.3 is 0 Å². The lowest BCUT2D eigenvalue weighted by atomic mass is 10.1. The number of hydrogen-bond donors (Lipinski definition) is 1. The number of aryl methyl sites for hydroxylation is 1. The zero-order valence-electron chi connectivity index (χ0n) is 12.7. The molecule has 1 atom stereocenters. The van der Waals surface area contributed by atoms with E-state index in [2.05, 4.69) is 15.5 Å². The maximum absolute atomic E-state index is 12.7. The zero-order chi connectivity index (χ0) is 15.6. The van der Waals surface area contributed by atoms with Crippen LogP contribution in [0.5, 0.6) is 0 Å². The number of piperazine rings is 1. The lowest BCUT2D eigenvalue weighted by Crippen LogP contribution is -2.48. The van der Waals surface area contributed by atoms with Crippen LogP contribution in [0.25, 0.3) is 0 Å². The van der Waals surface area contributed by atoms with E-state index in [9.17, 15) is 8.42 Å². The fraction of sp³-hybridized carbons (Fsp3) is 0.429. The Bertz CT molecular complexity index is 735. The number of nitrogens with one attached hydrogen (secondary N) is 1. The first-order valence-electron chi connectivity index (χ1n) is 7.08. The van der Waals surface area contributed by atoms with Gasteiger partial charge in [0.2, 0.25) is 10.0 Å². The highest BCUT2D eigenvalue weighted by atomic mass is 35.5. The lowest BCUT2D eigenvalue weighted by molar-refractivity contribution is 0.269. The average molecular weight is 359 g/mol. The maximum atomic E-state index is 12.7. The van der Waals surface area contributed by atoms with Gasteiger partial charge in [-0.15, -0.1) is 12.4 Å².